The monoisotopic (exact) mass is 664 g/mol. The average molecular weight is 664 g/mol. The highest BCUT2D eigenvalue weighted by Crippen LogP contribution is 2.60. The number of hydrogen-bond donors (Lipinski definition) is 8. The number of hydrogen-bond acceptors (Lipinski definition) is 16. The molecule has 2 aliphatic rings. The molecule has 21 nitrogen and oxygen atoms in total. The van der Waals surface area contributed by atoms with Gasteiger partial charge in [0.2, 0.25) is 0 Å². The Hall–Kier alpha value is -3.01. The summed E-state index contributed by atoms with van der Waals surface area (Å²) in [5.74, 6) is -0.714. The van der Waals surface area contributed by atoms with E-state index in [1.165, 1.54) is 40.0 Å². The minimum Gasteiger partial charge on any atom is -0.387 e. The number of amides is 1. The van der Waals surface area contributed by atoms with E-state index >= 15 is 0 Å². The second kappa shape index (κ2) is 12.4. The zero-order chi connectivity index (χ0) is 32.0. The van der Waals surface area contributed by atoms with Gasteiger partial charge in [0.15, 0.2) is 36.2 Å². The molecule has 44 heavy (non-hydrogen) atoms. The molecule has 5 rings (SSSR count). The molecule has 10 N–H and O–H groups in total. The maximum atomic E-state index is 12.4. The van der Waals surface area contributed by atoms with Gasteiger partial charge in [-0.1, -0.05) is 0 Å². The Morgan fingerprint density at radius 1 is 0.977 bits per heavy atom. The number of carbonyl (C=O) groups is 1. The lowest BCUT2D eigenvalue weighted by molar-refractivity contribution is -0.765. The second-order valence-corrected chi connectivity index (χ2v) is 12.7. The number of ether oxygens (including phenoxy) is 2. The lowest BCUT2D eigenvalue weighted by Crippen LogP contribution is -2.46. The average Bonchev–Trinajstić information content (AvgIpc) is 3.61. The van der Waals surface area contributed by atoms with E-state index in [-0.39, 0.29) is 22.5 Å². The highest BCUT2D eigenvalue weighted by Gasteiger charge is 2.50. The third kappa shape index (κ3) is 6.65. The van der Waals surface area contributed by atoms with Crippen molar-refractivity contribution in [1.82, 2.24) is 19.5 Å². The minimum atomic E-state index is -5.37. The van der Waals surface area contributed by atoms with E-state index in [1.54, 1.807) is 0 Å². The zero-order valence-electron chi connectivity index (χ0n) is 22.2. The molecule has 2 saturated heterocycles. The van der Waals surface area contributed by atoms with Gasteiger partial charge in [-0.3, -0.25) is 18.4 Å². The van der Waals surface area contributed by atoms with Crippen LogP contribution in [-0.2, 0) is 32.0 Å². The number of carbonyl (C=O) groups excluding carboxylic acids is 1. The lowest BCUT2D eigenvalue weighted by atomic mass is 10.1. The summed E-state index contributed by atoms with van der Waals surface area (Å²) in [4.78, 5) is 43.3. The molecule has 0 aliphatic carbocycles. The highest BCUT2D eigenvalue weighted by molar-refractivity contribution is 7.61. The summed E-state index contributed by atoms with van der Waals surface area (Å²) < 4.78 is 52.0. The molecule has 240 valence electrons. The molecule has 6 unspecified atom stereocenters. The molecule has 1 amide bonds. The Labute approximate surface area is 246 Å². The van der Waals surface area contributed by atoms with Gasteiger partial charge >= 0.3 is 15.6 Å². The third-order valence-electron chi connectivity index (χ3n) is 6.75. The summed E-state index contributed by atoms with van der Waals surface area (Å²) in [6.07, 6.45) is -6.85. The smallest absolute Gasteiger partial charge is 0.387 e. The number of rotatable bonds is 11. The van der Waals surface area contributed by atoms with Crippen molar-refractivity contribution in [2.45, 2.75) is 49.1 Å². The van der Waals surface area contributed by atoms with Crippen LogP contribution >= 0.6 is 15.6 Å². The van der Waals surface area contributed by atoms with Crippen molar-refractivity contribution in [3.05, 3.63) is 42.7 Å². The Morgan fingerprint density at radius 3 is 2.27 bits per heavy atom. The first-order valence-corrected chi connectivity index (χ1v) is 15.6. The van der Waals surface area contributed by atoms with Crippen molar-refractivity contribution in [2.24, 2.45) is 5.73 Å². The van der Waals surface area contributed by atoms with Crippen LogP contribution in [0.3, 0.4) is 0 Å². The van der Waals surface area contributed by atoms with E-state index in [2.05, 4.69) is 23.8 Å². The molecule has 5 heterocycles. The number of aliphatic hydroxyl groups excluding tert-OH is 4. The molecular formula is C21H28N7O14P2+. The van der Waals surface area contributed by atoms with Crippen LogP contribution in [0.4, 0.5) is 5.82 Å². The Kier molecular flexibility index (Phi) is 9.13. The third-order valence-corrected chi connectivity index (χ3v) is 9.35. The lowest BCUT2D eigenvalue weighted by Gasteiger charge is -2.20. The van der Waals surface area contributed by atoms with Gasteiger partial charge in [-0.25, -0.2) is 24.1 Å². The Morgan fingerprint density at radius 2 is 1.61 bits per heavy atom. The quantitative estimate of drug-likeness (QED) is 0.0747. The van der Waals surface area contributed by atoms with Crippen LogP contribution in [0.15, 0.2) is 37.2 Å². The maximum absolute atomic E-state index is 12.4. The number of nitrogens with two attached hydrogens (primary N) is 2. The Balaban J connectivity index is 1.16. The van der Waals surface area contributed by atoms with Gasteiger partial charge < -0.3 is 51.2 Å². The summed E-state index contributed by atoms with van der Waals surface area (Å²) >= 11 is 0. The van der Waals surface area contributed by atoms with Crippen molar-refractivity contribution in [3.63, 3.8) is 0 Å². The van der Waals surface area contributed by atoms with Gasteiger partial charge in [-0.05, 0) is 6.07 Å². The zero-order valence-corrected chi connectivity index (χ0v) is 24.0. The van der Waals surface area contributed by atoms with Gasteiger partial charge in [-0.15, -0.1) is 0 Å². The van der Waals surface area contributed by atoms with E-state index in [1.807, 2.05) is 0 Å². The predicted octanol–water partition coefficient (Wildman–Crippen LogP) is -3.02. The number of primary amides is 1. The number of aliphatic hydroxyl groups is 4. The largest absolute Gasteiger partial charge is 0.481 e. The van der Waals surface area contributed by atoms with E-state index in [0.717, 1.165) is 6.33 Å². The molecule has 10 atom stereocenters. The highest BCUT2D eigenvalue weighted by atomic mass is 31.3. The van der Waals surface area contributed by atoms with Crippen molar-refractivity contribution in [1.29, 1.82) is 0 Å². The summed E-state index contributed by atoms with van der Waals surface area (Å²) in [6, 6.07) is 2.83. The fourth-order valence-corrected chi connectivity index (χ4v) is 6.67. The van der Waals surface area contributed by atoms with Crippen LogP contribution in [0.2, 0.25) is 0 Å². The molecule has 0 spiro atoms. The molecule has 3 aromatic heterocycles. The van der Waals surface area contributed by atoms with Crippen LogP contribution in [0.1, 0.15) is 22.8 Å². The van der Waals surface area contributed by atoms with Crippen LogP contribution in [0.5, 0.6) is 0 Å². The molecule has 0 saturated carbocycles. The standard InChI is InChI=1S/C21H27N7O14P2/c22-17-12-19(25-7-24-17)28(8-26-12)21-16(32)14(30)11(41-21)6-39-44(36,37)42-43(34,35)38-5-10-13(29)15(31)20(40-10)27-3-1-2-9(4-27)18(23)33/h1-4,7-8,10-11,13-16,20-21,29-32H,5-6H2,(H5-,22,23,24,25,33,34,35,36,37)/p+1/t10-,11+,13?,14?,15?,16?,20-,21+/m1/s1. The van der Waals surface area contributed by atoms with Gasteiger partial charge in [0.1, 0.15) is 47.9 Å². The number of aromatic nitrogens is 5. The van der Waals surface area contributed by atoms with Crippen molar-refractivity contribution in [2.75, 3.05) is 18.9 Å². The SMILES string of the molecule is NC(=O)c1ccc[n+]([C@@H]2O[C@H](COP(=O)(O)OP(=O)(O)OC[C@@H]3O[C@H](n4cnc5c(N)ncnc54)C(O)C3O)C(O)C2O)c1. The molecular weight excluding hydrogens is 636 g/mol. The molecule has 3 aromatic rings. The second-order valence-electron chi connectivity index (χ2n) is 9.69. The number of phosphoric acid groups is 2. The van der Waals surface area contributed by atoms with Crippen LogP contribution in [-0.4, -0.2) is 105 Å². The summed E-state index contributed by atoms with van der Waals surface area (Å²) in [5, 5.41) is 41.6. The first kappa shape index (κ1) is 32.4. The predicted molar refractivity (Wildman–Crippen MR) is 139 cm³/mol. The van der Waals surface area contributed by atoms with Crippen molar-refractivity contribution in [3.8, 4) is 0 Å². The van der Waals surface area contributed by atoms with Crippen molar-refractivity contribution >= 4 is 38.5 Å². The first-order valence-electron chi connectivity index (χ1n) is 12.6. The molecule has 0 radical (unpaired) electrons. The van der Waals surface area contributed by atoms with E-state index in [9.17, 15) is 44.1 Å². The molecule has 2 aliphatic heterocycles. The van der Waals surface area contributed by atoms with E-state index < -0.39 is 83.8 Å². The van der Waals surface area contributed by atoms with E-state index in [0.29, 0.717) is 0 Å². The number of nitrogen functional groups attached to an aromatic ring is 1. The topological polar surface area (TPSA) is 318 Å². The first-order chi connectivity index (χ1) is 20.7. The molecule has 0 aromatic carbocycles. The fraction of sp³-hybridized carbons (Fsp3) is 0.476. The summed E-state index contributed by atoms with van der Waals surface area (Å²) in [5.41, 5.74) is 11.4. The molecule has 23 heteroatoms. The fourth-order valence-electron chi connectivity index (χ4n) is 4.58. The van der Waals surface area contributed by atoms with Crippen LogP contribution in [0, 0.1) is 0 Å². The summed E-state index contributed by atoms with van der Waals surface area (Å²) in [7, 11) is -10.7. The van der Waals surface area contributed by atoms with E-state index in [4.69, 9.17) is 25.5 Å². The number of fused-ring (bicyclic) bond motifs is 1. The van der Waals surface area contributed by atoms with Gasteiger partial charge in [0, 0.05) is 6.07 Å². The number of anilines is 1. The Bertz CT molecular complexity index is 1630. The number of nitrogens with zero attached hydrogens (tertiary/aromatic N) is 5. The van der Waals surface area contributed by atoms with Gasteiger partial charge in [-0.2, -0.15) is 8.88 Å². The number of phosphoric ester groups is 2. The van der Waals surface area contributed by atoms with Crippen LogP contribution < -0.4 is 16.0 Å². The summed E-state index contributed by atoms with van der Waals surface area (Å²) in [6.45, 7) is -1.80. The number of imidazole rings is 1. The van der Waals surface area contributed by atoms with Gasteiger partial charge in [0.25, 0.3) is 12.1 Å². The molecule has 0 bridgehead atoms. The van der Waals surface area contributed by atoms with Gasteiger partial charge in [0.05, 0.1) is 19.5 Å². The maximum Gasteiger partial charge on any atom is 0.481 e. The normalized spacial score (nSPS) is 31.6. The van der Waals surface area contributed by atoms with Crippen molar-refractivity contribution < 1.29 is 71.5 Å². The molecule has 2 fully saturated rings. The number of pyridine rings is 1. The minimum absolute atomic E-state index is 0.0505. The van der Waals surface area contributed by atoms with Crippen LogP contribution in [0.25, 0.3) is 11.2 Å².